The summed E-state index contributed by atoms with van der Waals surface area (Å²) in [5.41, 5.74) is 11.7. The number of hydrogen-bond acceptors (Lipinski definition) is 6. The maximum Gasteiger partial charge on any atom is 0.325 e. The van der Waals surface area contributed by atoms with Crippen LogP contribution in [0.25, 0.3) is 0 Å². The largest absolute Gasteiger partial charge is 0.480 e. The van der Waals surface area contributed by atoms with Gasteiger partial charge < -0.3 is 32.5 Å². The minimum atomic E-state index is -1.21. The fraction of sp³-hybridized carbons (Fsp3) is 0.522. The van der Waals surface area contributed by atoms with E-state index < -0.39 is 53.8 Å². The number of nitrogens with one attached hydrogen (secondary N) is 3. The van der Waals surface area contributed by atoms with Crippen molar-refractivity contribution in [1.29, 1.82) is 0 Å². The van der Waals surface area contributed by atoms with Crippen molar-refractivity contribution in [3.8, 4) is 0 Å². The molecule has 1 aromatic carbocycles. The molecule has 1 aromatic rings. The molecule has 34 heavy (non-hydrogen) atoms. The number of carboxylic acids is 1. The number of primary amides is 1. The molecule has 0 aromatic heterocycles. The van der Waals surface area contributed by atoms with Crippen molar-refractivity contribution in [2.45, 2.75) is 70.6 Å². The Morgan fingerprint density at radius 1 is 0.882 bits per heavy atom. The molecule has 0 aliphatic heterocycles. The zero-order valence-electron chi connectivity index (χ0n) is 19.7. The summed E-state index contributed by atoms with van der Waals surface area (Å²) in [6.45, 7) is 5.04. The van der Waals surface area contributed by atoms with Gasteiger partial charge in [0, 0.05) is 12.8 Å². The highest BCUT2D eigenvalue weighted by atomic mass is 16.4. The fourth-order valence-electron chi connectivity index (χ4n) is 3.12. The third-order valence-electron chi connectivity index (χ3n) is 5.02. The molecular formula is C23H35N5O6. The number of aliphatic carboxylic acids is 1. The third kappa shape index (κ3) is 10.4. The normalized spacial score (nSPS) is 14.4. The van der Waals surface area contributed by atoms with Crippen molar-refractivity contribution in [3.63, 3.8) is 0 Å². The van der Waals surface area contributed by atoms with Crippen LogP contribution < -0.4 is 27.4 Å². The van der Waals surface area contributed by atoms with Gasteiger partial charge in [0.2, 0.25) is 23.6 Å². The summed E-state index contributed by atoms with van der Waals surface area (Å²) in [7, 11) is 0. The summed E-state index contributed by atoms with van der Waals surface area (Å²) in [5.74, 6) is -3.68. The highest BCUT2D eigenvalue weighted by Gasteiger charge is 2.30. The highest BCUT2D eigenvalue weighted by molar-refractivity contribution is 5.94. The van der Waals surface area contributed by atoms with E-state index in [0.29, 0.717) is 0 Å². The molecule has 4 unspecified atom stereocenters. The van der Waals surface area contributed by atoms with Crippen molar-refractivity contribution in [2.75, 3.05) is 0 Å². The molecule has 0 heterocycles. The standard InChI is InChI=1S/C23H35N5O6/c1-13(2)11-17(27-20(30)16(24)9-10-19(25)29)22(32)28-18(12-15-7-5-4-6-8-15)21(31)26-14(3)23(33)34/h4-8,13-14,16-18H,9-12,24H2,1-3H3,(H2,25,29)(H,26,31)(H,27,30)(H,28,32)(H,33,34). The number of benzene rings is 1. The molecule has 0 fully saturated rings. The van der Waals surface area contributed by atoms with Gasteiger partial charge in [-0.3, -0.25) is 24.0 Å². The van der Waals surface area contributed by atoms with Gasteiger partial charge in [-0.25, -0.2) is 0 Å². The van der Waals surface area contributed by atoms with Crippen LogP contribution in [0.1, 0.15) is 45.6 Å². The predicted octanol–water partition coefficient (Wildman–Crippen LogP) is -0.573. The van der Waals surface area contributed by atoms with Crippen molar-refractivity contribution in [1.82, 2.24) is 16.0 Å². The molecule has 0 saturated carbocycles. The number of carbonyl (C=O) groups is 5. The van der Waals surface area contributed by atoms with Gasteiger partial charge in [-0.05, 0) is 31.2 Å². The molecule has 0 bridgehead atoms. The lowest BCUT2D eigenvalue weighted by Crippen LogP contribution is -2.57. The van der Waals surface area contributed by atoms with Crippen LogP contribution >= 0.6 is 0 Å². The van der Waals surface area contributed by atoms with Gasteiger partial charge in [0.15, 0.2) is 0 Å². The Morgan fingerprint density at radius 2 is 1.44 bits per heavy atom. The van der Waals surface area contributed by atoms with E-state index in [2.05, 4.69) is 16.0 Å². The monoisotopic (exact) mass is 477 g/mol. The van der Waals surface area contributed by atoms with Crippen molar-refractivity contribution in [3.05, 3.63) is 35.9 Å². The maximum absolute atomic E-state index is 13.1. The lowest BCUT2D eigenvalue weighted by molar-refractivity contribution is -0.141. The topological polar surface area (TPSA) is 194 Å². The van der Waals surface area contributed by atoms with Crippen LogP contribution in [0, 0.1) is 5.92 Å². The molecule has 0 aliphatic rings. The van der Waals surface area contributed by atoms with E-state index in [0.717, 1.165) is 5.56 Å². The Balaban J connectivity index is 3.01. The summed E-state index contributed by atoms with van der Waals surface area (Å²) in [6.07, 6.45) is 0.344. The number of amides is 4. The van der Waals surface area contributed by atoms with Crippen LogP contribution in [0.5, 0.6) is 0 Å². The first-order valence-electron chi connectivity index (χ1n) is 11.1. The Hall–Kier alpha value is -3.47. The second kappa shape index (κ2) is 13.9. The van der Waals surface area contributed by atoms with Gasteiger partial charge in [0.05, 0.1) is 6.04 Å². The molecule has 0 aliphatic carbocycles. The first-order valence-corrected chi connectivity index (χ1v) is 11.1. The Morgan fingerprint density at radius 3 is 1.97 bits per heavy atom. The predicted molar refractivity (Wildman–Crippen MR) is 125 cm³/mol. The Labute approximate surface area is 199 Å². The lowest BCUT2D eigenvalue weighted by atomic mass is 10.0. The third-order valence-corrected chi connectivity index (χ3v) is 5.02. The van der Waals surface area contributed by atoms with Crippen molar-refractivity contribution >= 4 is 29.6 Å². The van der Waals surface area contributed by atoms with E-state index in [-0.39, 0.29) is 31.6 Å². The fourth-order valence-corrected chi connectivity index (χ4v) is 3.12. The van der Waals surface area contributed by atoms with E-state index in [1.807, 2.05) is 13.8 Å². The Kier molecular flexibility index (Phi) is 11.7. The molecule has 188 valence electrons. The number of carbonyl (C=O) groups excluding carboxylic acids is 4. The van der Waals surface area contributed by atoms with E-state index in [9.17, 15) is 24.0 Å². The molecule has 4 amide bonds. The SMILES string of the molecule is CC(C)CC(NC(=O)C(N)CCC(N)=O)C(=O)NC(Cc1ccccc1)C(=O)NC(C)C(=O)O. The summed E-state index contributed by atoms with van der Waals surface area (Å²) in [5, 5.41) is 16.7. The van der Waals surface area contributed by atoms with Crippen LogP contribution in [0.2, 0.25) is 0 Å². The second-order valence-electron chi connectivity index (χ2n) is 8.62. The van der Waals surface area contributed by atoms with E-state index in [1.54, 1.807) is 30.3 Å². The van der Waals surface area contributed by atoms with Crippen LogP contribution in [-0.4, -0.2) is 58.9 Å². The van der Waals surface area contributed by atoms with E-state index in [4.69, 9.17) is 16.6 Å². The van der Waals surface area contributed by atoms with Crippen LogP contribution in [0.3, 0.4) is 0 Å². The maximum atomic E-state index is 13.1. The summed E-state index contributed by atoms with van der Waals surface area (Å²) >= 11 is 0. The van der Waals surface area contributed by atoms with E-state index in [1.165, 1.54) is 6.92 Å². The molecule has 0 radical (unpaired) electrons. The minimum Gasteiger partial charge on any atom is -0.480 e. The molecule has 0 saturated heterocycles. The van der Waals surface area contributed by atoms with Crippen molar-refractivity contribution in [2.24, 2.45) is 17.4 Å². The molecule has 11 nitrogen and oxygen atoms in total. The zero-order chi connectivity index (χ0) is 25.8. The number of hydrogen-bond donors (Lipinski definition) is 6. The molecule has 0 spiro atoms. The first-order chi connectivity index (χ1) is 15.9. The summed E-state index contributed by atoms with van der Waals surface area (Å²) in [6, 6.07) is 4.66. The van der Waals surface area contributed by atoms with Gasteiger partial charge in [-0.2, -0.15) is 0 Å². The highest BCUT2D eigenvalue weighted by Crippen LogP contribution is 2.09. The quantitative estimate of drug-likeness (QED) is 0.206. The van der Waals surface area contributed by atoms with Crippen LogP contribution in [-0.2, 0) is 30.4 Å². The van der Waals surface area contributed by atoms with Crippen LogP contribution in [0.4, 0.5) is 0 Å². The summed E-state index contributed by atoms with van der Waals surface area (Å²) in [4.78, 5) is 60.5. The molecule has 8 N–H and O–H groups in total. The average Bonchev–Trinajstić information content (AvgIpc) is 2.76. The molecule has 4 atom stereocenters. The van der Waals surface area contributed by atoms with Gasteiger partial charge in [-0.1, -0.05) is 44.2 Å². The van der Waals surface area contributed by atoms with Gasteiger partial charge in [0.25, 0.3) is 0 Å². The summed E-state index contributed by atoms with van der Waals surface area (Å²) < 4.78 is 0. The lowest BCUT2D eigenvalue weighted by Gasteiger charge is -2.25. The molecular weight excluding hydrogens is 442 g/mol. The number of nitrogens with two attached hydrogens (primary N) is 2. The second-order valence-corrected chi connectivity index (χ2v) is 8.62. The van der Waals surface area contributed by atoms with Gasteiger partial charge >= 0.3 is 5.97 Å². The Bertz CT molecular complexity index is 861. The van der Waals surface area contributed by atoms with Crippen molar-refractivity contribution < 1.29 is 29.1 Å². The average molecular weight is 478 g/mol. The van der Waals surface area contributed by atoms with Crippen LogP contribution in [0.15, 0.2) is 30.3 Å². The van der Waals surface area contributed by atoms with Gasteiger partial charge in [0.1, 0.15) is 18.1 Å². The number of carboxylic acid groups (broad SMARTS) is 1. The van der Waals surface area contributed by atoms with E-state index >= 15 is 0 Å². The minimum absolute atomic E-state index is 0.0197. The molecule has 1 rings (SSSR count). The smallest absolute Gasteiger partial charge is 0.325 e. The first kappa shape index (κ1) is 28.6. The molecule has 11 heteroatoms. The zero-order valence-corrected chi connectivity index (χ0v) is 19.7. The van der Waals surface area contributed by atoms with Gasteiger partial charge in [-0.15, -0.1) is 0 Å². The number of rotatable bonds is 14.